The van der Waals surface area contributed by atoms with Crippen molar-refractivity contribution in [2.45, 2.75) is 6.92 Å². The van der Waals surface area contributed by atoms with Crippen LogP contribution in [0.2, 0.25) is 0 Å². The topological polar surface area (TPSA) is 82.6 Å². The van der Waals surface area contributed by atoms with Gasteiger partial charge in [-0.05, 0) is 49.4 Å². The minimum absolute atomic E-state index is 0.261. The van der Waals surface area contributed by atoms with Crippen molar-refractivity contribution in [1.29, 1.82) is 0 Å². The predicted octanol–water partition coefficient (Wildman–Crippen LogP) is 4.94. The molecule has 4 rings (SSSR count). The second-order valence-corrected chi connectivity index (χ2v) is 7.60. The lowest BCUT2D eigenvalue weighted by Gasteiger charge is -2.09. The highest BCUT2D eigenvalue weighted by molar-refractivity contribution is 7.14. The number of nitrogens with zero attached hydrogens (tertiary/aromatic N) is 2. The highest BCUT2D eigenvalue weighted by atomic mass is 32.1. The summed E-state index contributed by atoms with van der Waals surface area (Å²) < 4.78 is 15.9. The fraction of sp³-hybridized carbons (Fsp3) is 0.174. The second-order valence-electron chi connectivity index (χ2n) is 6.74. The van der Waals surface area contributed by atoms with E-state index in [0.717, 1.165) is 22.2 Å². The van der Waals surface area contributed by atoms with Gasteiger partial charge in [-0.3, -0.25) is 15.1 Å². The molecule has 0 radical (unpaired) electrons. The zero-order valence-electron chi connectivity index (χ0n) is 17.6. The molecule has 7 nitrogen and oxygen atoms in total. The largest absolute Gasteiger partial charge is 0.497 e. The van der Waals surface area contributed by atoms with Crippen LogP contribution < -0.4 is 19.5 Å². The first-order chi connectivity index (χ1) is 15.0. The standard InChI is InChI=1S/C23H21N3O4S/c1-13-17(10-15-9-16(28-2)6-7-18(15)24-13)22(27)26-23-25-19(12-31-23)14-5-8-20(29-3)21(11-14)30-4/h5-12H,1-4H3,(H,25,26,27). The molecule has 0 saturated carbocycles. The average Bonchev–Trinajstić information content (AvgIpc) is 3.26. The number of thiazole rings is 1. The minimum atomic E-state index is -0.261. The Bertz CT molecular complexity index is 1270. The fourth-order valence-electron chi connectivity index (χ4n) is 3.23. The molecule has 0 unspecified atom stereocenters. The molecule has 2 aromatic heterocycles. The Morgan fingerprint density at radius 3 is 2.48 bits per heavy atom. The number of hydrogen-bond acceptors (Lipinski definition) is 7. The number of pyridine rings is 1. The van der Waals surface area contributed by atoms with Crippen molar-refractivity contribution < 1.29 is 19.0 Å². The van der Waals surface area contributed by atoms with Gasteiger partial charge in [0.25, 0.3) is 5.91 Å². The molecule has 0 aliphatic carbocycles. The summed E-state index contributed by atoms with van der Waals surface area (Å²) >= 11 is 1.35. The van der Waals surface area contributed by atoms with Crippen LogP contribution in [0.5, 0.6) is 17.2 Å². The molecule has 0 spiro atoms. The van der Waals surface area contributed by atoms with Gasteiger partial charge in [0.2, 0.25) is 0 Å². The van der Waals surface area contributed by atoms with Crippen LogP contribution in [-0.2, 0) is 0 Å². The van der Waals surface area contributed by atoms with Crippen molar-refractivity contribution >= 4 is 33.3 Å². The molecule has 0 fully saturated rings. The Kier molecular flexibility index (Phi) is 5.73. The van der Waals surface area contributed by atoms with Gasteiger partial charge < -0.3 is 14.2 Å². The third-order valence-electron chi connectivity index (χ3n) is 4.86. The lowest BCUT2D eigenvalue weighted by atomic mass is 10.1. The number of rotatable bonds is 6. The lowest BCUT2D eigenvalue weighted by Crippen LogP contribution is -2.14. The maximum atomic E-state index is 12.9. The van der Waals surface area contributed by atoms with Crippen molar-refractivity contribution in [3.63, 3.8) is 0 Å². The smallest absolute Gasteiger partial charge is 0.259 e. The van der Waals surface area contributed by atoms with E-state index in [0.29, 0.717) is 33.6 Å². The summed E-state index contributed by atoms with van der Waals surface area (Å²) in [5.74, 6) is 1.71. The molecular weight excluding hydrogens is 414 g/mol. The molecule has 1 N–H and O–H groups in total. The molecule has 0 atom stereocenters. The van der Waals surface area contributed by atoms with E-state index in [1.54, 1.807) is 21.3 Å². The number of carbonyl (C=O) groups is 1. The number of aryl methyl sites for hydroxylation is 1. The number of benzene rings is 2. The summed E-state index contributed by atoms with van der Waals surface area (Å²) in [5, 5.41) is 6.09. The first-order valence-corrected chi connectivity index (χ1v) is 10.3. The maximum Gasteiger partial charge on any atom is 0.259 e. The number of amides is 1. The Hall–Kier alpha value is -3.65. The van der Waals surface area contributed by atoms with E-state index in [-0.39, 0.29) is 5.91 Å². The van der Waals surface area contributed by atoms with Crippen molar-refractivity contribution in [2.75, 3.05) is 26.6 Å². The van der Waals surface area contributed by atoms with Crippen molar-refractivity contribution in [1.82, 2.24) is 9.97 Å². The molecule has 1 amide bonds. The van der Waals surface area contributed by atoms with E-state index in [1.807, 2.05) is 54.8 Å². The third-order valence-corrected chi connectivity index (χ3v) is 5.62. The molecule has 2 aromatic carbocycles. The van der Waals surface area contributed by atoms with E-state index < -0.39 is 0 Å². The maximum absolute atomic E-state index is 12.9. The van der Waals surface area contributed by atoms with Gasteiger partial charge in [0.05, 0.1) is 43.8 Å². The van der Waals surface area contributed by atoms with Crippen LogP contribution >= 0.6 is 11.3 Å². The van der Waals surface area contributed by atoms with Crippen molar-refractivity contribution in [3.8, 4) is 28.5 Å². The Morgan fingerprint density at radius 2 is 1.74 bits per heavy atom. The van der Waals surface area contributed by atoms with Crippen LogP contribution in [0, 0.1) is 6.92 Å². The second kappa shape index (κ2) is 8.61. The number of ether oxygens (including phenoxy) is 3. The Balaban J connectivity index is 1.59. The van der Waals surface area contributed by atoms with E-state index >= 15 is 0 Å². The summed E-state index contributed by atoms with van der Waals surface area (Å²) in [5.41, 5.74) is 3.54. The molecular formula is C23H21N3O4S. The molecule has 2 heterocycles. The molecule has 8 heteroatoms. The van der Waals surface area contributed by atoms with Gasteiger partial charge in [0.15, 0.2) is 16.6 Å². The number of carbonyl (C=O) groups excluding carboxylic acids is 1. The van der Waals surface area contributed by atoms with E-state index in [2.05, 4.69) is 15.3 Å². The highest BCUT2D eigenvalue weighted by Crippen LogP contribution is 2.33. The molecule has 0 saturated heterocycles. The van der Waals surface area contributed by atoms with Gasteiger partial charge >= 0.3 is 0 Å². The molecule has 0 bridgehead atoms. The molecule has 4 aromatic rings. The van der Waals surface area contributed by atoms with Crippen LogP contribution in [0.1, 0.15) is 16.1 Å². The van der Waals surface area contributed by atoms with Crippen LogP contribution in [-0.4, -0.2) is 37.2 Å². The first kappa shape index (κ1) is 20.6. The van der Waals surface area contributed by atoms with Crippen molar-refractivity contribution in [2.24, 2.45) is 0 Å². The SMILES string of the molecule is COc1ccc2nc(C)c(C(=O)Nc3nc(-c4ccc(OC)c(OC)c4)cs3)cc2c1. The summed E-state index contributed by atoms with van der Waals surface area (Å²) in [6, 6.07) is 13.0. The van der Waals surface area contributed by atoms with E-state index in [1.165, 1.54) is 11.3 Å². The first-order valence-electron chi connectivity index (χ1n) is 9.47. The van der Waals surface area contributed by atoms with Gasteiger partial charge in [-0.25, -0.2) is 4.98 Å². The van der Waals surface area contributed by atoms with Gasteiger partial charge in [0.1, 0.15) is 5.75 Å². The van der Waals surface area contributed by atoms with Crippen LogP contribution in [0.15, 0.2) is 47.8 Å². The molecule has 0 aliphatic rings. The van der Waals surface area contributed by atoms with Gasteiger partial charge in [0, 0.05) is 16.3 Å². The number of methoxy groups -OCH3 is 3. The summed E-state index contributed by atoms with van der Waals surface area (Å²) in [6.45, 7) is 1.81. The third kappa shape index (κ3) is 4.15. The van der Waals surface area contributed by atoms with Crippen LogP contribution in [0.25, 0.3) is 22.2 Å². The number of fused-ring (bicyclic) bond motifs is 1. The quantitative estimate of drug-likeness (QED) is 0.462. The van der Waals surface area contributed by atoms with Crippen LogP contribution in [0.3, 0.4) is 0 Å². The van der Waals surface area contributed by atoms with E-state index in [4.69, 9.17) is 14.2 Å². The fourth-order valence-corrected chi connectivity index (χ4v) is 3.95. The van der Waals surface area contributed by atoms with Gasteiger partial charge in [-0.1, -0.05) is 0 Å². The Morgan fingerprint density at radius 1 is 0.935 bits per heavy atom. The zero-order valence-corrected chi connectivity index (χ0v) is 18.4. The number of anilines is 1. The normalized spacial score (nSPS) is 10.7. The van der Waals surface area contributed by atoms with Gasteiger partial charge in [-0.15, -0.1) is 11.3 Å². The lowest BCUT2D eigenvalue weighted by molar-refractivity contribution is 0.102. The summed E-state index contributed by atoms with van der Waals surface area (Å²) in [4.78, 5) is 22.0. The zero-order chi connectivity index (χ0) is 22.0. The Labute approximate surface area is 183 Å². The summed E-state index contributed by atoms with van der Waals surface area (Å²) in [6.07, 6.45) is 0. The highest BCUT2D eigenvalue weighted by Gasteiger charge is 2.15. The monoisotopic (exact) mass is 435 g/mol. The number of aromatic nitrogens is 2. The summed E-state index contributed by atoms with van der Waals surface area (Å²) in [7, 11) is 4.78. The van der Waals surface area contributed by atoms with E-state index in [9.17, 15) is 4.79 Å². The molecule has 158 valence electrons. The average molecular weight is 436 g/mol. The molecule has 31 heavy (non-hydrogen) atoms. The van der Waals surface area contributed by atoms with Gasteiger partial charge in [-0.2, -0.15) is 0 Å². The predicted molar refractivity (Wildman–Crippen MR) is 122 cm³/mol. The minimum Gasteiger partial charge on any atom is -0.497 e. The number of hydrogen-bond donors (Lipinski definition) is 1. The molecule has 0 aliphatic heterocycles. The number of nitrogens with one attached hydrogen (secondary N) is 1. The van der Waals surface area contributed by atoms with Crippen LogP contribution in [0.4, 0.5) is 5.13 Å². The van der Waals surface area contributed by atoms with Crippen molar-refractivity contribution in [3.05, 3.63) is 59.1 Å².